The Hall–Kier alpha value is 0.320. The van der Waals surface area contributed by atoms with Crippen LogP contribution in [-0.4, -0.2) is 27.1 Å². The SMILES string of the molecule is CCCCCCCC/C=C\CCCCCCCC(=O)CCS(=O)(=O)OC.[H-].[Na+]. The molecular formula is C21H41NaO4S. The van der Waals surface area contributed by atoms with Gasteiger partial charge in [0.2, 0.25) is 0 Å². The van der Waals surface area contributed by atoms with Gasteiger partial charge in [-0.25, -0.2) is 0 Å². The summed E-state index contributed by atoms with van der Waals surface area (Å²) in [7, 11) is -2.37. The minimum Gasteiger partial charge on any atom is -1.00 e. The van der Waals surface area contributed by atoms with Gasteiger partial charge in [0.25, 0.3) is 10.1 Å². The number of unbranched alkanes of at least 4 members (excludes halogenated alkanes) is 11. The molecule has 0 aliphatic rings. The number of rotatable bonds is 19. The minimum atomic E-state index is -3.50. The van der Waals surface area contributed by atoms with Crippen molar-refractivity contribution in [2.24, 2.45) is 0 Å². The van der Waals surface area contributed by atoms with E-state index in [-0.39, 0.29) is 48.9 Å². The van der Waals surface area contributed by atoms with E-state index < -0.39 is 10.1 Å². The Morgan fingerprint density at radius 2 is 1.30 bits per heavy atom. The van der Waals surface area contributed by atoms with E-state index >= 15 is 0 Å². The van der Waals surface area contributed by atoms with Crippen molar-refractivity contribution >= 4 is 15.9 Å². The molecule has 4 nitrogen and oxygen atoms in total. The van der Waals surface area contributed by atoms with E-state index in [9.17, 15) is 13.2 Å². The van der Waals surface area contributed by atoms with Gasteiger partial charge in [0.15, 0.2) is 0 Å². The van der Waals surface area contributed by atoms with Crippen molar-refractivity contribution in [2.45, 2.75) is 103 Å². The summed E-state index contributed by atoms with van der Waals surface area (Å²) in [6.07, 6.45) is 21.2. The monoisotopic (exact) mass is 412 g/mol. The first-order valence-corrected chi connectivity index (χ1v) is 12.0. The van der Waals surface area contributed by atoms with Gasteiger partial charge in [-0.3, -0.25) is 8.98 Å². The second-order valence-corrected chi connectivity index (χ2v) is 8.91. The Morgan fingerprint density at radius 1 is 0.815 bits per heavy atom. The zero-order chi connectivity index (χ0) is 19.5. The Labute approximate surface area is 191 Å². The van der Waals surface area contributed by atoms with Crippen LogP contribution in [0.15, 0.2) is 12.2 Å². The van der Waals surface area contributed by atoms with Gasteiger partial charge in [-0.05, 0) is 32.1 Å². The molecule has 0 saturated carbocycles. The van der Waals surface area contributed by atoms with E-state index in [1.165, 1.54) is 57.8 Å². The second kappa shape index (κ2) is 21.0. The van der Waals surface area contributed by atoms with Crippen LogP contribution in [0.25, 0.3) is 0 Å². The fourth-order valence-electron chi connectivity index (χ4n) is 2.84. The molecule has 0 spiro atoms. The van der Waals surface area contributed by atoms with Crippen LogP contribution in [0.4, 0.5) is 0 Å². The molecule has 0 aromatic rings. The normalized spacial score (nSPS) is 11.6. The maximum Gasteiger partial charge on any atom is 1.00 e. The van der Waals surface area contributed by atoms with Gasteiger partial charge >= 0.3 is 29.6 Å². The third-order valence-corrected chi connectivity index (χ3v) is 5.81. The van der Waals surface area contributed by atoms with Gasteiger partial charge < -0.3 is 1.43 Å². The van der Waals surface area contributed by atoms with Gasteiger partial charge in [-0.15, -0.1) is 0 Å². The molecule has 0 amide bonds. The van der Waals surface area contributed by atoms with Crippen molar-refractivity contribution in [3.63, 3.8) is 0 Å². The fraction of sp³-hybridized carbons (Fsp3) is 0.857. The number of Topliss-reactive ketones (excluding diaryl/α,β-unsaturated/α-hetero) is 1. The molecule has 0 fully saturated rings. The summed E-state index contributed by atoms with van der Waals surface area (Å²) in [6.45, 7) is 2.25. The summed E-state index contributed by atoms with van der Waals surface area (Å²) < 4.78 is 26.6. The van der Waals surface area contributed by atoms with Crippen LogP contribution in [0.5, 0.6) is 0 Å². The molecule has 156 valence electrons. The van der Waals surface area contributed by atoms with Crippen molar-refractivity contribution in [3.8, 4) is 0 Å². The van der Waals surface area contributed by atoms with Crippen molar-refractivity contribution < 1.29 is 48.4 Å². The topological polar surface area (TPSA) is 60.4 Å². The van der Waals surface area contributed by atoms with E-state index in [1.807, 2.05) is 0 Å². The van der Waals surface area contributed by atoms with Crippen LogP contribution in [0.1, 0.15) is 105 Å². The van der Waals surface area contributed by atoms with Gasteiger partial charge in [-0.1, -0.05) is 70.4 Å². The van der Waals surface area contributed by atoms with Crippen molar-refractivity contribution in [2.75, 3.05) is 12.9 Å². The van der Waals surface area contributed by atoms with Crippen LogP contribution in [0, 0.1) is 0 Å². The van der Waals surface area contributed by atoms with E-state index in [0.717, 1.165) is 32.8 Å². The largest absolute Gasteiger partial charge is 1.00 e. The predicted molar refractivity (Wildman–Crippen MR) is 111 cm³/mol. The van der Waals surface area contributed by atoms with Crippen LogP contribution < -0.4 is 29.6 Å². The first-order valence-electron chi connectivity index (χ1n) is 10.5. The van der Waals surface area contributed by atoms with Crippen LogP contribution in [0.3, 0.4) is 0 Å². The summed E-state index contributed by atoms with van der Waals surface area (Å²) >= 11 is 0. The number of allylic oxidation sites excluding steroid dienone is 2. The van der Waals surface area contributed by atoms with Crippen LogP contribution in [-0.2, 0) is 19.1 Å². The molecule has 0 aliphatic carbocycles. The molecule has 27 heavy (non-hydrogen) atoms. The number of carbonyl (C=O) groups is 1. The van der Waals surface area contributed by atoms with Gasteiger partial charge in [0, 0.05) is 12.8 Å². The first-order chi connectivity index (χ1) is 12.5. The third-order valence-electron chi connectivity index (χ3n) is 4.60. The average molecular weight is 413 g/mol. The molecule has 0 unspecified atom stereocenters. The molecule has 0 aromatic carbocycles. The molecule has 0 atom stereocenters. The molecule has 0 rings (SSSR count). The van der Waals surface area contributed by atoms with Crippen molar-refractivity contribution in [1.29, 1.82) is 0 Å². The maximum atomic E-state index is 11.6. The van der Waals surface area contributed by atoms with E-state index in [4.69, 9.17) is 0 Å². The zero-order valence-electron chi connectivity index (χ0n) is 19.0. The summed E-state index contributed by atoms with van der Waals surface area (Å²) in [4.78, 5) is 11.6. The van der Waals surface area contributed by atoms with Gasteiger partial charge in [0.1, 0.15) is 5.78 Å². The molecule has 6 heteroatoms. The third kappa shape index (κ3) is 22.5. The molecule has 0 saturated heterocycles. The number of carbonyl (C=O) groups excluding carboxylic acids is 1. The molecular weight excluding hydrogens is 371 g/mol. The molecule has 0 aromatic heterocycles. The Balaban J connectivity index is -0.00000312. The molecule has 0 N–H and O–H groups in total. The smallest absolute Gasteiger partial charge is 1.00 e. The van der Waals surface area contributed by atoms with Crippen LogP contribution in [0.2, 0.25) is 0 Å². The summed E-state index contributed by atoms with van der Waals surface area (Å²) in [5, 5.41) is 0. The average Bonchev–Trinajstić information content (AvgIpc) is 2.63. The predicted octanol–water partition coefficient (Wildman–Crippen LogP) is 3.08. The maximum absolute atomic E-state index is 11.6. The molecule has 0 heterocycles. The zero-order valence-corrected chi connectivity index (χ0v) is 20.8. The number of hydrogen-bond acceptors (Lipinski definition) is 4. The van der Waals surface area contributed by atoms with Crippen molar-refractivity contribution in [3.05, 3.63) is 12.2 Å². The molecule has 0 bridgehead atoms. The second-order valence-electron chi connectivity index (χ2n) is 7.05. The molecule has 0 radical (unpaired) electrons. The standard InChI is InChI=1S/C21H40O4S.Na.H/c1-3-4-5-6-7-8-9-10-11-12-13-14-15-16-17-18-21(22)19-20-26(23,24)25-2;;/h10-11H,3-9,12-20H2,1-2H3;;/q;+1;-1/b11-10-;;. The van der Waals surface area contributed by atoms with E-state index in [0.29, 0.717) is 6.42 Å². The summed E-state index contributed by atoms with van der Waals surface area (Å²) in [5.74, 6) is -0.184. The Bertz CT molecular complexity index is 467. The van der Waals surface area contributed by atoms with Gasteiger partial charge in [-0.2, -0.15) is 8.42 Å². The fourth-order valence-corrected chi connectivity index (χ4v) is 3.48. The Kier molecular flexibility index (Phi) is 23.0. The summed E-state index contributed by atoms with van der Waals surface area (Å²) in [5.41, 5.74) is 0. The first kappa shape index (κ1) is 29.5. The van der Waals surface area contributed by atoms with Gasteiger partial charge in [0.05, 0.1) is 12.9 Å². The quantitative estimate of drug-likeness (QED) is 0.142. The van der Waals surface area contributed by atoms with Crippen LogP contribution >= 0.6 is 0 Å². The minimum absolute atomic E-state index is 0. The van der Waals surface area contributed by atoms with E-state index in [2.05, 4.69) is 23.3 Å². The number of hydrogen-bond donors (Lipinski definition) is 0. The molecule has 0 aliphatic heterocycles. The number of ketones is 1. The Morgan fingerprint density at radius 3 is 1.81 bits per heavy atom. The summed E-state index contributed by atoms with van der Waals surface area (Å²) in [6, 6.07) is 0. The van der Waals surface area contributed by atoms with E-state index in [1.54, 1.807) is 0 Å². The van der Waals surface area contributed by atoms with Crippen molar-refractivity contribution in [1.82, 2.24) is 0 Å².